The Balaban J connectivity index is 2.19. The van der Waals surface area contributed by atoms with Crippen LogP contribution in [-0.2, 0) is 14.3 Å². The van der Waals surface area contributed by atoms with Crippen LogP contribution >= 0.6 is 0 Å². The van der Waals surface area contributed by atoms with Crippen LogP contribution < -0.4 is 5.32 Å². The van der Waals surface area contributed by atoms with E-state index < -0.39 is 49.5 Å². The molecule has 0 saturated carbocycles. The number of rotatable bonds is 54. The van der Waals surface area contributed by atoms with E-state index in [0.29, 0.717) is 6.42 Å². The Morgan fingerprint density at radius 1 is 0.461 bits per heavy atom. The summed E-state index contributed by atoms with van der Waals surface area (Å²) in [6.45, 7) is 3.66. The van der Waals surface area contributed by atoms with Crippen LogP contribution in [0, 0.1) is 0 Å². The molecular formula is C67H119NO8. The van der Waals surface area contributed by atoms with Gasteiger partial charge in [0.1, 0.15) is 24.4 Å². The summed E-state index contributed by atoms with van der Waals surface area (Å²) >= 11 is 0. The number of hydrogen-bond donors (Lipinski definition) is 6. The fourth-order valence-corrected chi connectivity index (χ4v) is 9.75. The molecule has 0 aromatic heterocycles. The molecule has 1 rings (SSSR count). The fraction of sp³-hybridized carbons (Fsp3) is 0.776. The first-order valence-electron chi connectivity index (χ1n) is 31.8. The predicted molar refractivity (Wildman–Crippen MR) is 322 cm³/mol. The molecule has 0 radical (unpaired) electrons. The third-order valence-corrected chi connectivity index (χ3v) is 14.7. The minimum atomic E-state index is -1.58. The summed E-state index contributed by atoms with van der Waals surface area (Å²) in [6, 6.07) is -0.835. The normalized spacial score (nSPS) is 19.4. The highest BCUT2D eigenvalue weighted by Crippen LogP contribution is 2.23. The highest BCUT2D eigenvalue weighted by atomic mass is 16.7. The number of carbonyl (C=O) groups excluding carboxylic acids is 1. The van der Waals surface area contributed by atoms with E-state index in [1.165, 1.54) is 180 Å². The van der Waals surface area contributed by atoms with Gasteiger partial charge in [-0.3, -0.25) is 4.79 Å². The van der Waals surface area contributed by atoms with Crippen molar-refractivity contribution in [3.8, 4) is 0 Å². The number of allylic oxidation sites excluding steroid dienone is 13. The Morgan fingerprint density at radius 2 is 0.816 bits per heavy atom. The largest absolute Gasteiger partial charge is 0.394 e. The molecule has 9 heteroatoms. The topological polar surface area (TPSA) is 149 Å². The van der Waals surface area contributed by atoms with E-state index in [1.807, 2.05) is 6.08 Å². The molecule has 1 aliphatic heterocycles. The molecule has 1 amide bonds. The van der Waals surface area contributed by atoms with Gasteiger partial charge < -0.3 is 40.3 Å². The maximum atomic E-state index is 13.1. The van der Waals surface area contributed by atoms with Crippen molar-refractivity contribution in [2.24, 2.45) is 0 Å². The van der Waals surface area contributed by atoms with E-state index >= 15 is 0 Å². The molecule has 0 aromatic rings. The lowest BCUT2D eigenvalue weighted by atomic mass is 9.99. The van der Waals surface area contributed by atoms with Crippen molar-refractivity contribution in [1.82, 2.24) is 5.32 Å². The summed E-state index contributed by atoms with van der Waals surface area (Å²) < 4.78 is 11.3. The molecule has 1 aliphatic rings. The molecule has 0 aromatic carbocycles. The lowest BCUT2D eigenvalue weighted by Gasteiger charge is -2.40. The van der Waals surface area contributed by atoms with E-state index in [9.17, 15) is 30.3 Å². The smallest absolute Gasteiger partial charge is 0.220 e. The lowest BCUT2D eigenvalue weighted by Crippen LogP contribution is -2.60. The maximum Gasteiger partial charge on any atom is 0.220 e. The van der Waals surface area contributed by atoms with Crippen LogP contribution in [0.4, 0.5) is 0 Å². The first kappa shape index (κ1) is 71.4. The van der Waals surface area contributed by atoms with Crippen LogP contribution in [0.2, 0.25) is 0 Å². The van der Waals surface area contributed by atoms with Crippen molar-refractivity contribution in [2.45, 2.75) is 320 Å². The zero-order valence-corrected chi connectivity index (χ0v) is 49.0. The van der Waals surface area contributed by atoms with E-state index in [4.69, 9.17) is 9.47 Å². The zero-order valence-electron chi connectivity index (χ0n) is 49.0. The van der Waals surface area contributed by atoms with E-state index in [-0.39, 0.29) is 18.9 Å². The zero-order chi connectivity index (χ0) is 55.0. The van der Waals surface area contributed by atoms with Gasteiger partial charge in [0.15, 0.2) is 6.29 Å². The summed E-state index contributed by atoms with van der Waals surface area (Å²) in [5, 5.41) is 54.6. The van der Waals surface area contributed by atoms with Gasteiger partial charge in [-0.15, -0.1) is 0 Å². The molecule has 1 saturated heterocycles. The second kappa shape index (κ2) is 55.7. The van der Waals surface area contributed by atoms with Gasteiger partial charge in [-0.1, -0.05) is 285 Å². The predicted octanol–water partition coefficient (Wildman–Crippen LogP) is 16.6. The van der Waals surface area contributed by atoms with Crippen molar-refractivity contribution in [2.75, 3.05) is 13.2 Å². The highest BCUT2D eigenvalue weighted by Gasteiger charge is 2.44. The molecule has 440 valence electrons. The third-order valence-electron chi connectivity index (χ3n) is 14.7. The van der Waals surface area contributed by atoms with Gasteiger partial charge in [-0.25, -0.2) is 0 Å². The molecule has 0 bridgehead atoms. The van der Waals surface area contributed by atoms with E-state index in [1.54, 1.807) is 6.08 Å². The Bertz CT molecular complexity index is 1470. The van der Waals surface area contributed by atoms with Gasteiger partial charge in [0.05, 0.1) is 25.4 Å². The van der Waals surface area contributed by atoms with Gasteiger partial charge in [0.2, 0.25) is 5.91 Å². The van der Waals surface area contributed by atoms with Crippen molar-refractivity contribution >= 4 is 5.91 Å². The van der Waals surface area contributed by atoms with Gasteiger partial charge in [0, 0.05) is 6.42 Å². The average Bonchev–Trinajstić information content (AvgIpc) is 3.42. The molecule has 6 N–H and O–H groups in total. The second-order valence-corrected chi connectivity index (χ2v) is 21.8. The monoisotopic (exact) mass is 1070 g/mol. The maximum absolute atomic E-state index is 13.1. The van der Waals surface area contributed by atoms with Gasteiger partial charge in [0.25, 0.3) is 0 Å². The molecular weight excluding hydrogens is 947 g/mol. The number of hydrogen-bond acceptors (Lipinski definition) is 8. The van der Waals surface area contributed by atoms with E-state index in [0.717, 1.165) is 70.6 Å². The summed E-state index contributed by atoms with van der Waals surface area (Å²) in [4.78, 5) is 13.1. The standard InChI is InChI=1S/C67H119NO8/c1-3-5-7-9-11-13-15-17-19-21-23-25-26-27-28-29-30-31-32-33-34-35-37-38-40-42-44-46-48-50-52-54-56-61(70)60(59-75-67-66(74)65(73)64(72)62(58-69)76-67)68-63(71)57-55-53-51-49-47-45-43-41-39-36-24-22-20-18-16-14-12-10-8-6-4-2/h6,8,12,14,18,20,24,36,41,43,47,49,54,56,60-62,64-67,69-70,72-74H,3-5,7,9-11,13,15-17,19,21-23,25-35,37-40,42,44-46,48,50-53,55,57-59H2,1-2H3,(H,68,71)/b8-6-,14-12-,20-18-,36-24-,43-41-,49-47-,56-54+. The van der Waals surface area contributed by atoms with Crippen molar-refractivity contribution < 1.29 is 39.8 Å². The van der Waals surface area contributed by atoms with Gasteiger partial charge in [-0.2, -0.15) is 0 Å². The van der Waals surface area contributed by atoms with Gasteiger partial charge in [-0.05, 0) is 70.6 Å². The molecule has 1 heterocycles. The first-order chi connectivity index (χ1) is 37.3. The number of nitrogens with one attached hydrogen (secondary N) is 1. The quantitative estimate of drug-likeness (QED) is 0.0261. The van der Waals surface area contributed by atoms with Crippen LogP contribution in [-0.4, -0.2) is 87.5 Å². The van der Waals surface area contributed by atoms with E-state index in [2.05, 4.69) is 92.1 Å². The Labute approximate surface area is 467 Å². The van der Waals surface area contributed by atoms with Crippen molar-refractivity contribution in [3.63, 3.8) is 0 Å². The fourth-order valence-electron chi connectivity index (χ4n) is 9.75. The molecule has 1 fully saturated rings. The Kier molecular flexibility index (Phi) is 52.3. The number of carbonyl (C=O) groups is 1. The number of unbranched alkanes of at least 4 members (excludes halogenated alkanes) is 32. The average molecular weight is 1070 g/mol. The first-order valence-corrected chi connectivity index (χ1v) is 31.8. The summed E-state index contributed by atoms with van der Waals surface area (Å²) in [5.41, 5.74) is 0. The summed E-state index contributed by atoms with van der Waals surface area (Å²) in [5.74, 6) is -0.219. The van der Waals surface area contributed by atoms with Crippen LogP contribution in [0.25, 0.3) is 0 Å². The van der Waals surface area contributed by atoms with Crippen LogP contribution in [0.15, 0.2) is 85.1 Å². The molecule has 0 aliphatic carbocycles. The molecule has 7 atom stereocenters. The SMILES string of the molecule is CC/C=C\C/C=C\C/C=C\C/C=C\C/C=C\C/C=C\CCCCC(=O)NC(COC1OC(CO)C(O)C(O)C1O)C(O)/C=C/CCCCCCCCCCCCCCCCCCCCCCCCCCCCCCCC. The van der Waals surface area contributed by atoms with Crippen LogP contribution in [0.3, 0.4) is 0 Å². The minimum absolute atomic E-state index is 0.210. The third kappa shape index (κ3) is 44.2. The van der Waals surface area contributed by atoms with Crippen molar-refractivity contribution in [3.05, 3.63) is 85.1 Å². The molecule has 0 spiro atoms. The molecule has 9 nitrogen and oxygen atoms in total. The number of aliphatic hydroxyl groups excluding tert-OH is 5. The Hall–Kier alpha value is -2.63. The number of amides is 1. The van der Waals surface area contributed by atoms with Crippen molar-refractivity contribution in [1.29, 1.82) is 0 Å². The molecule has 7 unspecified atom stereocenters. The summed E-state index contributed by atoms with van der Waals surface area (Å²) in [7, 11) is 0. The highest BCUT2D eigenvalue weighted by molar-refractivity contribution is 5.76. The minimum Gasteiger partial charge on any atom is -0.394 e. The summed E-state index contributed by atoms with van der Waals surface area (Å²) in [6.07, 6.45) is 72.5. The molecule has 76 heavy (non-hydrogen) atoms. The lowest BCUT2D eigenvalue weighted by molar-refractivity contribution is -0.302. The Morgan fingerprint density at radius 3 is 1.21 bits per heavy atom. The van der Waals surface area contributed by atoms with Crippen LogP contribution in [0.5, 0.6) is 0 Å². The van der Waals surface area contributed by atoms with Gasteiger partial charge >= 0.3 is 0 Å². The second-order valence-electron chi connectivity index (χ2n) is 21.8. The van der Waals surface area contributed by atoms with Crippen LogP contribution in [0.1, 0.15) is 277 Å². The number of ether oxygens (including phenoxy) is 2. The number of aliphatic hydroxyl groups is 5.